The molecule has 1 atom stereocenters. The van der Waals surface area contributed by atoms with E-state index < -0.39 is 0 Å². The molecule has 2 N–H and O–H groups in total. The SMILES string of the molecule is CC.CCC(O)Cc1ccc(O)cc1. The molecule has 0 aliphatic carbocycles. The molecule has 0 fully saturated rings. The third-order valence-electron chi connectivity index (χ3n) is 1.88. The van der Waals surface area contributed by atoms with Crippen molar-refractivity contribution in [1.82, 2.24) is 0 Å². The van der Waals surface area contributed by atoms with Gasteiger partial charge in [0.1, 0.15) is 5.75 Å². The standard InChI is InChI=1S/C10H14O2.C2H6/c1-2-9(11)7-8-3-5-10(12)6-4-8;1-2/h3-6,9,11-12H,2,7H2,1H3;1-2H3. The number of phenolic OH excluding ortho intramolecular Hbond substituents is 1. The predicted octanol–water partition coefficient (Wildman–Crippen LogP) is 2.73. The Hall–Kier alpha value is -1.02. The van der Waals surface area contributed by atoms with Crippen LogP contribution in [0.15, 0.2) is 24.3 Å². The molecule has 1 aromatic carbocycles. The van der Waals surface area contributed by atoms with E-state index in [1.54, 1.807) is 12.1 Å². The normalized spacial score (nSPS) is 11.4. The summed E-state index contributed by atoms with van der Waals surface area (Å²) in [5.41, 5.74) is 1.06. The fraction of sp³-hybridized carbons (Fsp3) is 0.500. The highest BCUT2D eigenvalue weighted by atomic mass is 16.3. The maximum atomic E-state index is 9.32. The topological polar surface area (TPSA) is 40.5 Å². The quantitative estimate of drug-likeness (QED) is 0.780. The molecule has 0 spiro atoms. The molecular formula is C12H20O2. The van der Waals surface area contributed by atoms with Crippen molar-refractivity contribution in [2.75, 3.05) is 0 Å². The summed E-state index contributed by atoms with van der Waals surface area (Å²) in [6.07, 6.45) is 1.16. The minimum atomic E-state index is -0.269. The van der Waals surface area contributed by atoms with Crippen molar-refractivity contribution in [3.05, 3.63) is 29.8 Å². The summed E-state index contributed by atoms with van der Waals surface area (Å²) in [4.78, 5) is 0. The summed E-state index contributed by atoms with van der Waals surface area (Å²) in [6, 6.07) is 6.93. The lowest BCUT2D eigenvalue weighted by Gasteiger charge is -2.06. The van der Waals surface area contributed by atoms with E-state index in [2.05, 4.69) is 0 Å². The van der Waals surface area contributed by atoms with Gasteiger partial charge in [-0.15, -0.1) is 0 Å². The zero-order valence-electron chi connectivity index (χ0n) is 9.20. The molecule has 2 nitrogen and oxygen atoms in total. The van der Waals surface area contributed by atoms with E-state index in [9.17, 15) is 5.11 Å². The second-order valence-electron chi connectivity index (χ2n) is 2.93. The lowest BCUT2D eigenvalue weighted by molar-refractivity contribution is 0.171. The molecule has 0 aliphatic heterocycles. The van der Waals surface area contributed by atoms with Crippen LogP contribution in [0.4, 0.5) is 0 Å². The maximum absolute atomic E-state index is 9.32. The van der Waals surface area contributed by atoms with Gasteiger partial charge in [0.15, 0.2) is 0 Å². The Bertz CT molecular complexity index is 229. The summed E-state index contributed by atoms with van der Waals surface area (Å²) < 4.78 is 0. The van der Waals surface area contributed by atoms with Crippen LogP contribution in [0.25, 0.3) is 0 Å². The molecule has 0 saturated heterocycles. The molecule has 0 heterocycles. The van der Waals surface area contributed by atoms with Crippen LogP contribution in [0, 0.1) is 0 Å². The Morgan fingerprint density at radius 3 is 2.07 bits per heavy atom. The van der Waals surface area contributed by atoms with Crippen molar-refractivity contribution in [1.29, 1.82) is 0 Å². The summed E-state index contributed by atoms with van der Waals surface area (Å²) in [6.45, 7) is 5.95. The fourth-order valence-corrected chi connectivity index (χ4v) is 1.05. The van der Waals surface area contributed by atoms with Crippen molar-refractivity contribution < 1.29 is 10.2 Å². The molecular weight excluding hydrogens is 176 g/mol. The molecule has 0 saturated carbocycles. The van der Waals surface area contributed by atoms with Crippen molar-refractivity contribution in [3.8, 4) is 5.75 Å². The van der Waals surface area contributed by atoms with Crippen LogP contribution >= 0.6 is 0 Å². The third kappa shape index (κ3) is 4.87. The van der Waals surface area contributed by atoms with Gasteiger partial charge in [-0.25, -0.2) is 0 Å². The maximum Gasteiger partial charge on any atom is 0.115 e. The zero-order chi connectivity index (χ0) is 11.0. The van der Waals surface area contributed by atoms with Crippen LogP contribution in [0.3, 0.4) is 0 Å². The first kappa shape index (κ1) is 13.0. The van der Waals surface area contributed by atoms with Gasteiger partial charge in [-0.3, -0.25) is 0 Å². The second kappa shape index (κ2) is 7.39. The first-order valence-electron chi connectivity index (χ1n) is 5.18. The Morgan fingerprint density at radius 2 is 1.64 bits per heavy atom. The summed E-state index contributed by atoms with van der Waals surface area (Å²) in [7, 11) is 0. The minimum absolute atomic E-state index is 0.268. The largest absolute Gasteiger partial charge is 0.508 e. The monoisotopic (exact) mass is 196 g/mol. The molecule has 0 bridgehead atoms. The van der Waals surface area contributed by atoms with Gasteiger partial charge in [-0.1, -0.05) is 32.9 Å². The number of aliphatic hydroxyl groups excluding tert-OH is 1. The number of phenols is 1. The number of aliphatic hydroxyl groups is 1. The number of benzene rings is 1. The fourth-order valence-electron chi connectivity index (χ4n) is 1.05. The Balaban J connectivity index is 0.000000791. The third-order valence-corrected chi connectivity index (χ3v) is 1.88. The Morgan fingerprint density at radius 1 is 1.14 bits per heavy atom. The predicted molar refractivity (Wildman–Crippen MR) is 59.5 cm³/mol. The van der Waals surface area contributed by atoms with E-state index in [0.717, 1.165) is 12.0 Å². The van der Waals surface area contributed by atoms with Crippen LogP contribution in [-0.4, -0.2) is 16.3 Å². The van der Waals surface area contributed by atoms with Crippen LogP contribution < -0.4 is 0 Å². The van der Waals surface area contributed by atoms with Gasteiger partial charge in [-0.2, -0.15) is 0 Å². The number of rotatable bonds is 3. The van der Waals surface area contributed by atoms with Crippen LogP contribution in [0.2, 0.25) is 0 Å². The van der Waals surface area contributed by atoms with Crippen LogP contribution in [-0.2, 0) is 6.42 Å². The van der Waals surface area contributed by atoms with E-state index in [1.807, 2.05) is 32.9 Å². The summed E-state index contributed by atoms with van der Waals surface area (Å²) >= 11 is 0. The van der Waals surface area contributed by atoms with Crippen molar-refractivity contribution in [2.24, 2.45) is 0 Å². The Kier molecular flexibility index (Phi) is 6.85. The molecule has 0 aromatic heterocycles. The molecule has 0 radical (unpaired) electrons. The molecule has 1 rings (SSSR count). The van der Waals surface area contributed by atoms with Crippen molar-refractivity contribution >= 4 is 0 Å². The van der Waals surface area contributed by atoms with E-state index in [0.29, 0.717) is 6.42 Å². The van der Waals surface area contributed by atoms with E-state index in [1.165, 1.54) is 0 Å². The van der Waals surface area contributed by atoms with Gasteiger partial charge in [0.25, 0.3) is 0 Å². The summed E-state index contributed by atoms with van der Waals surface area (Å²) in [5.74, 6) is 0.268. The summed E-state index contributed by atoms with van der Waals surface area (Å²) in [5, 5.41) is 18.3. The molecule has 1 unspecified atom stereocenters. The van der Waals surface area contributed by atoms with E-state index in [-0.39, 0.29) is 11.9 Å². The van der Waals surface area contributed by atoms with Gasteiger partial charge in [0.2, 0.25) is 0 Å². The van der Waals surface area contributed by atoms with Gasteiger partial charge < -0.3 is 10.2 Å². The minimum Gasteiger partial charge on any atom is -0.508 e. The first-order chi connectivity index (χ1) is 6.72. The van der Waals surface area contributed by atoms with Gasteiger partial charge in [0.05, 0.1) is 6.10 Å². The lowest BCUT2D eigenvalue weighted by atomic mass is 10.1. The smallest absolute Gasteiger partial charge is 0.115 e. The average Bonchev–Trinajstić information content (AvgIpc) is 2.24. The molecule has 1 aromatic rings. The number of hydrogen-bond acceptors (Lipinski definition) is 2. The van der Waals surface area contributed by atoms with Crippen LogP contribution in [0.1, 0.15) is 32.8 Å². The Labute approximate surface area is 86.2 Å². The highest BCUT2D eigenvalue weighted by Gasteiger charge is 2.01. The molecule has 80 valence electrons. The van der Waals surface area contributed by atoms with Gasteiger partial charge >= 0.3 is 0 Å². The van der Waals surface area contributed by atoms with Crippen LogP contribution in [0.5, 0.6) is 5.75 Å². The van der Waals surface area contributed by atoms with E-state index in [4.69, 9.17) is 5.11 Å². The second-order valence-corrected chi connectivity index (χ2v) is 2.93. The van der Waals surface area contributed by atoms with Crippen molar-refractivity contribution in [3.63, 3.8) is 0 Å². The lowest BCUT2D eigenvalue weighted by Crippen LogP contribution is -2.07. The number of hydrogen-bond donors (Lipinski definition) is 2. The molecule has 14 heavy (non-hydrogen) atoms. The first-order valence-corrected chi connectivity index (χ1v) is 5.18. The van der Waals surface area contributed by atoms with Gasteiger partial charge in [-0.05, 0) is 30.5 Å². The highest BCUT2D eigenvalue weighted by molar-refractivity contribution is 5.26. The highest BCUT2D eigenvalue weighted by Crippen LogP contribution is 2.11. The van der Waals surface area contributed by atoms with Crippen molar-refractivity contribution in [2.45, 2.75) is 39.7 Å². The van der Waals surface area contributed by atoms with E-state index >= 15 is 0 Å². The zero-order valence-corrected chi connectivity index (χ0v) is 9.20. The van der Waals surface area contributed by atoms with Gasteiger partial charge in [0, 0.05) is 0 Å². The number of aromatic hydroxyl groups is 1. The molecule has 0 aliphatic rings. The average molecular weight is 196 g/mol. The molecule has 0 amide bonds. The molecule has 2 heteroatoms.